The number of carbonyl (C=O) groups excluding carboxylic acids is 2. The van der Waals surface area contributed by atoms with Crippen LogP contribution in [0.1, 0.15) is 10.4 Å². The number of hydrogen-bond acceptors (Lipinski definition) is 5. The summed E-state index contributed by atoms with van der Waals surface area (Å²) >= 11 is 0. The first-order chi connectivity index (χ1) is 12.8. The fourth-order valence-corrected chi connectivity index (χ4v) is 3.62. The molecule has 27 heavy (non-hydrogen) atoms. The first-order valence-corrected chi connectivity index (χ1v) is 9.96. The van der Waals surface area contributed by atoms with Crippen LogP contribution in [0, 0.1) is 5.82 Å². The van der Waals surface area contributed by atoms with Crippen molar-refractivity contribution >= 4 is 27.5 Å². The van der Waals surface area contributed by atoms with Gasteiger partial charge in [0.05, 0.1) is 23.5 Å². The second-order valence-corrected chi connectivity index (χ2v) is 8.06. The molecule has 1 aliphatic heterocycles. The Balaban J connectivity index is 1.65. The lowest BCUT2D eigenvalue weighted by Crippen LogP contribution is -2.35. The van der Waals surface area contributed by atoms with Crippen molar-refractivity contribution in [3.05, 3.63) is 59.9 Å². The third-order valence-electron chi connectivity index (χ3n) is 4.03. The third-order valence-corrected chi connectivity index (χ3v) is 5.19. The first-order valence-electron chi connectivity index (χ1n) is 8.06. The third kappa shape index (κ3) is 4.25. The van der Waals surface area contributed by atoms with Gasteiger partial charge in [0.1, 0.15) is 11.9 Å². The number of ether oxygens (including phenoxy) is 1. The number of nitrogens with one attached hydrogen (secondary N) is 1. The number of halogens is 1. The molecule has 0 aromatic heterocycles. The minimum absolute atomic E-state index is 0.0143. The number of sulfone groups is 1. The van der Waals surface area contributed by atoms with Gasteiger partial charge in [0.2, 0.25) is 0 Å². The predicted molar refractivity (Wildman–Crippen MR) is 95.9 cm³/mol. The van der Waals surface area contributed by atoms with Gasteiger partial charge < -0.3 is 10.1 Å². The molecule has 2 aromatic rings. The minimum Gasteiger partial charge on any atom is -0.442 e. The van der Waals surface area contributed by atoms with Gasteiger partial charge in [-0.25, -0.2) is 17.6 Å². The van der Waals surface area contributed by atoms with E-state index < -0.39 is 33.8 Å². The zero-order chi connectivity index (χ0) is 19.6. The molecule has 2 amide bonds. The van der Waals surface area contributed by atoms with E-state index >= 15 is 0 Å². The van der Waals surface area contributed by atoms with Gasteiger partial charge in [0.25, 0.3) is 5.91 Å². The maximum atomic E-state index is 13.0. The van der Waals surface area contributed by atoms with Gasteiger partial charge >= 0.3 is 6.09 Å². The summed E-state index contributed by atoms with van der Waals surface area (Å²) in [5, 5.41) is 2.59. The number of cyclic esters (lactones) is 1. The molecule has 0 radical (unpaired) electrons. The van der Waals surface area contributed by atoms with Crippen LogP contribution in [0.4, 0.5) is 14.9 Å². The first kappa shape index (κ1) is 18.8. The Morgan fingerprint density at radius 1 is 1.22 bits per heavy atom. The van der Waals surface area contributed by atoms with E-state index in [0.717, 1.165) is 6.26 Å². The Kier molecular flexibility index (Phi) is 5.13. The van der Waals surface area contributed by atoms with Crippen molar-refractivity contribution in [1.82, 2.24) is 5.32 Å². The summed E-state index contributed by atoms with van der Waals surface area (Å²) in [7, 11) is -3.56. The minimum atomic E-state index is -3.56. The lowest BCUT2D eigenvalue weighted by Gasteiger charge is -2.13. The molecule has 0 bridgehead atoms. The van der Waals surface area contributed by atoms with Gasteiger partial charge in [-0.2, -0.15) is 0 Å². The van der Waals surface area contributed by atoms with Crippen LogP contribution in [-0.2, 0) is 14.6 Å². The van der Waals surface area contributed by atoms with Crippen molar-refractivity contribution in [3.8, 4) is 0 Å². The van der Waals surface area contributed by atoms with Crippen LogP contribution >= 0.6 is 0 Å². The standard InChI is InChI=1S/C18H17FN2O5S/c1-27(24,25)16-5-3-2-4-15(16)17(22)20-10-14-11-21(18(23)26-14)13-8-6-12(19)7-9-13/h2-9,14H,10-11H2,1H3,(H,20,22)/t14-/m1/s1. The van der Waals surface area contributed by atoms with E-state index in [1.54, 1.807) is 6.07 Å². The van der Waals surface area contributed by atoms with Crippen molar-refractivity contribution in [3.63, 3.8) is 0 Å². The molecule has 7 nitrogen and oxygen atoms in total. The number of amides is 2. The average Bonchev–Trinajstić information content (AvgIpc) is 3.00. The summed E-state index contributed by atoms with van der Waals surface area (Å²) in [6.45, 7) is 0.193. The van der Waals surface area contributed by atoms with Crippen LogP contribution < -0.4 is 10.2 Å². The molecule has 0 aliphatic carbocycles. The molecular formula is C18H17FN2O5S. The quantitative estimate of drug-likeness (QED) is 0.840. The fourth-order valence-electron chi connectivity index (χ4n) is 2.74. The summed E-state index contributed by atoms with van der Waals surface area (Å²) < 4.78 is 41.8. The highest BCUT2D eigenvalue weighted by molar-refractivity contribution is 7.90. The SMILES string of the molecule is CS(=O)(=O)c1ccccc1C(=O)NC[C@@H]1CN(c2ccc(F)cc2)C(=O)O1. The van der Waals surface area contributed by atoms with E-state index in [4.69, 9.17) is 4.74 Å². The van der Waals surface area contributed by atoms with Crippen LogP contribution in [0.3, 0.4) is 0 Å². The molecule has 1 atom stereocenters. The topological polar surface area (TPSA) is 92.8 Å². The number of benzene rings is 2. The lowest BCUT2D eigenvalue weighted by atomic mass is 10.2. The zero-order valence-corrected chi connectivity index (χ0v) is 15.2. The van der Waals surface area contributed by atoms with Gasteiger partial charge in [-0.3, -0.25) is 9.69 Å². The molecule has 1 N–H and O–H groups in total. The van der Waals surface area contributed by atoms with Crippen molar-refractivity contribution < 1.29 is 27.1 Å². The number of rotatable bonds is 5. The molecule has 1 fully saturated rings. The van der Waals surface area contributed by atoms with Crippen LogP contribution in [0.2, 0.25) is 0 Å². The zero-order valence-electron chi connectivity index (χ0n) is 14.4. The molecule has 1 heterocycles. The highest BCUT2D eigenvalue weighted by Gasteiger charge is 2.32. The van der Waals surface area contributed by atoms with Crippen molar-refractivity contribution in [1.29, 1.82) is 0 Å². The summed E-state index contributed by atoms with van der Waals surface area (Å²) in [6, 6.07) is 11.3. The van der Waals surface area contributed by atoms with E-state index in [-0.39, 0.29) is 23.5 Å². The smallest absolute Gasteiger partial charge is 0.414 e. The Morgan fingerprint density at radius 3 is 2.56 bits per heavy atom. The number of carbonyl (C=O) groups is 2. The lowest BCUT2D eigenvalue weighted by molar-refractivity contribution is 0.0913. The molecule has 142 valence electrons. The van der Waals surface area contributed by atoms with E-state index in [0.29, 0.717) is 5.69 Å². The molecular weight excluding hydrogens is 375 g/mol. The maximum Gasteiger partial charge on any atom is 0.414 e. The van der Waals surface area contributed by atoms with E-state index in [2.05, 4.69) is 5.32 Å². The fraction of sp³-hybridized carbons (Fsp3) is 0.222. The van der Waals surface area contributed by atoms with Crippen LogP contribution in [0.5, 0.6) is 0 Å². The highest BCUT2D eigenvalue weighted by atomic mass is 32.2. The molecule has 0 unspecified atom stereocenters. The number of anilines is 1. The van der Waals surface area contributed by atoms with Crippen LogP contribution in [0.25, 0.3) is 0 Å². The number of hydrogen-bond donors (Lipinski definition) is 1. The Bertz CT molecular complexity index is 976. The van der Waals surface area contributed by atoms with Gasteiger partial charge in [0, 0.05) is 11.9 Å². The van der Waals surface area contributed by atoms with E-state index in [1.165, 1.54) is 47.4 Å². The van der Waals surface area contributed by atoms with Gasteiger partial charge in [-0.15, -0.1) is 0 Å². The summed E-state index contributed by atoms with van der Waals surface area (Å²) in [4.78, 5) is 25.6. The maximum absolute atomic E-state index is 13.0. The van der Waals surface area contributed by atoms with E-state index in [9.17, 15) is 22.4 Å². The number of nitrogens with zero attached hydrogens (tertiary/aromatic N) is 1. The van der Waals surface area contributed by atoms with Crippen molar-refractivity contribution in [2.24, 2.45) is 0 Å². The summed E-state index contributed by atoms with van der Waals surface area (Å²) in [5.74, 6) is -0.994. The average molecular weight is 392 g/mol. The molecule has 9 heteroatoms. The van der Waals surface area contributed by atoms with Gasteiger partial charge in [-0.1, -0.05) is 12.1 Å². The predicted octanol–water partition coefficient (Wildman–Crippen LogP) is 1.98. The largest absolute Gasteiger partial charge is 0.442 e. The normalized spacial score (nSPS) is 16.9. The van der Waals surface area contributed by atoms with Gasteiger partial charge in [0.15, 0.2) is 9.84 Å². The monoisotopic (exact) mass is 392 g/mol. The van der Waals surface area contributed by atoms with Crippen LogP contribution in [0.15, 0.2) is 53.4 Å². The van der Waals surface area contributed by atoms with Crippen molar-refractivity contribution in [2.45, 2.75) is 11.0 Å². The molecule has 3 rings (SSSR count). The molecule has 0 saturated carbocycles. The van der Waals surface area contributed by atoms with E-state index in [1.807, 2.05) is 0 Å². The second kappa shape index (κ2) is 7.36. The summed E-state index contributed by atoms with van der Waals surface area (Å²) in [5.41, 5.74) is 0.511. The second-order valence-electron chi connectivity index (χ2n) is 6.07. The van der Waals surface area contributed by atoms with Crippen LogP contribution in [-0.4, -0.2) is 45.9 Å². The molecule has 1 saturated heterocycles. The molecule has 1 aliphatic rings. The van der Waals surface area contributed by atoms with Gasteiger partial charge in [-0.05, 0) is 36.4 Å². The molecule has 0 spiro atoms. The Labute approximate surface area is 155 Å². The summed E-state index contributed by atoms with van der Waals surface area (Å²) in [6.07, 6.45) is -0.187. The van der Waals surface area contributed by atoms with Crippen molar-refractivity contribution in [2.75, 3.05) is 24.2 Å². The Morgan fingerprint density at radius 2 is 1.89 bits per heavy atom. The molecule has 2 aromatic carbocycles. The Hall–Kier alpha value is -2.94. The highest BCUT2D eigenvalue weighted by Crippen LogP contribution is 2.22.